The van der Waals surface area contributed by atoms with Crippen LogP contribution in [0, 0.1) is 11.8 Å². The summed E-state index contributed by atoms with van der Waals surface area (Å²) in [6, 6.07) is 7.16. The molecule has 37 heavy (non-hydrogen) atoms. The predicted molar refractivity (Wildman–Crippen MR) is 146 cm³/mol. The Hall–Kier alpha value is -3.17. The minimum Gasteiger partial charge on any atom is -0.444 e. The summed E-state index contributed by atoms with van der Waals surface area (Å²) in [5, 5.41) is 6.69. The quantitative estimate of drug-likeness (QED) is 0.392. The van der Waals surface area contributed by atoms with Crippen LogP contribution in [0.3, 0.4) is 0 Å². The maximum absolute atomic E-state index is 12.3. The summed E-state index contributed by atoms with van der Waals surface area (Å²) >= 11 is 13.2. The molecule has 0 spiro atoms. The number of rotatable bonds is 6. The highest BCUT2D eigenvalue weighted by atomic mass is 35.5. The monoisotopic (exact) mass is 544 g/mol. The van der Waals surface area contributed by atoms with Gasteiger partial charge in [-0.3, -0.25) is 4.79 Å². The number of aryl methyl sites for hydroxylation is 1. The average Bonchev–Trinajstić information content (AvgIpc) is 3.29. The number of nitrogens with one attached hydrogen (secondary N) is 2. The first kappa shape index (κ1) is 25.5. The van der Waals surface area contributed by atoms with E-state index in [9.17, 15) is 9.59 Å². The number of alkyl carbamates (subject to hydrolysis) is 1. The summed E-state index contributed by atoms with van der Waals surface area (Å²) in [4.78, 5) is 31.3. The van der Waals surface area contributed by atoms with Crippen LogP contribution >= 0.6 is 23.2 Å². The van der Waals surface area contributed by atoms with Crippen LogP contribution in [0.4, 0.5) is 22.1 Å². The number of anilines is 3. The van der Waals surface area contributed by atoms with Crippen molar-refractivity contribution in [2.45, 2.75) is 39.3 Å². The number of amides is 2. The SMILES string of the molecule is Cn1c(Nc2c(Cl)ccc(CNC(=O)OC(C)(C)C)c2Cl)nc2cc(C(N)=O)c(N3CC4CC4C3)cc21. The van der Waals surface area contributed by atoms with Crippen molar-refractivity contribution in [1.82, 2.24) is 14.9 Å². The van der Waals surface area contributed by atoms with E-state index in [-0.39, 0.29) is 6.54 Å². The maximum Gasteiger partial charge on any atom is 0.407 e. The Morgan fingerprint density at radius 3 is 2.54 bits per heavy atom. The third-order valence-electron chi connectivity index (χ3n) is 6.81. The number of aromatic nitrogens is 2. The highest BCUT2D eigenvalue weighted by Gasteiger charge is 2.45. The van der Waals surface area contributed by atoms with Crippen LogP contribution in [-0.2, 0) is 18.3 Å². The first-order chi connectivity index (χ1) is 17.4. The van der Waals surface area contributed by atoms with Crippen molar-refractivity contribution in [1.29, 1.82) is 0 Å². The molecule has 5 rings (SSSR count). The van der Waals surface area contributed by atoms with Crippen molar-refractivity contribution >= 4 is 63.6 Å². The lowest BCUT2D eigenvalue weighted by Crippen LogP contribution is -2.32. The molecule has 1 saturated carbocycles. The van der Waals surface area contributed by atoms with Crippen LogP contribution in [0.25, 0.3) is 11.0 Å². The van der Waals surface area contributed by atoms with Gasteiger partial charge in [0, 0.05) is 26.7 Å². The standard InChI is InChI=1S/C26H30Cl2N6O3/c1-26(2,3)37-25(36)30-10-13-5-6-17(27)22(21(13)28)32-24-31-18-8-16(23(29)35)19(9-20(18)33(24)4)34-11-14-7-15(14)12-34/h5-6,8-9,14-15H,7,10-12H2,1-4H3,(H2,29,35)(H,30,36)(H,31,32). The van der Waals surface area contributed by atoms with Gasteiger partial charge in [-0.2, -0.15) is 0 Å². The molecular formula is C26H30Cl2N6O3. The van der Waals surface area contributed by atoms with Crippen molar-refractivity contribution in [3.63, 3.8) is 0 Å². The van der Waals surface area contributed by atoms with Crippen LogP contribution in [0.2, 0.25) is 10.0 Å². The molecule has 0 radical (unpaired) electrons. The van der Waals surface area contributed by atoms with Gasteiger partial charge in [0.25, 0.3) is 5.91 Å². The molecule has 1 saturated heterocycles. The molecule has 4 N–H and O–H groups in total. The lowest BCUT2D eigenvalue weighted by Gasteiger charge is -2.22. The van der Waals surface area contributed by atoms with Gasteiger partial charge in [-0.05, 0) is 62.8 Å². The summed E-state index contributed by atoms with van der Waals surface area (Å²) in [6.45, 7) is 7.42. The number of carbonyl (C=O) groups is 2. The molecule has 196 valence electrons. The molecule has 2 heterocycles. The van der Waals surface area contributed by atoms with E-state index in [0.29, 0.717) is 50.2 Å². The van der Waals surface area contributed by atoms with Gasteiger partial charge in [0.15, 0.2) is 0 Å². The van der Waals surface area contributed by atoms with Gasteiger partial charge in [-0.15, -0.1) is 0 Å². The molecule has 1 aliphatic carbocycles. The van der Waals surface area contributed by atoms with Gasteiger partial charge in [-0.25, -0.2) is 9.78 Å². The van der Waals surface area contributed by atoms with Gasteiger partial charge in [0.05, 0.1) is 38.0 Å². The summed E-state index contributed by atoms with van der Waals surface area (Å²) in [5.74, 6) is 1.44. The Balaban J connectivity index is 1.43. The fourth-order valence-corrected chi connectivity index (χ4v) is 5.36. The topological polar surface area (TPSA) is 115 Å². The lowest BCUT2D eigenvalue weighted by molar-refractivity contribution is 0.0523. The molecule has 3 aromatic rings. The molecule has 2 aliphatic rings. The van der Waals surface area contributed by atoms with Crippen LogP contribution in [0.15, 0.2) is 24.3 Å². The van der Waals surface area contributed by atoms with Gasteiger partial charge < -0.3 is 30.6 Å². The van der Waals surface area contributed by atoms with Gasteiger partial charge in [0.1, 0.15) is 5.60 Å². The molecule has 11 heteroatoms. The Bertz CT molecular complexity index is 1400. The minimum absolute atomic E-state index is 0.158. The number of hydrogen-bond acceptors (Lipinski definition) is 6. The van der Waals surface area contributed by atoms with Crippen LogP contribution in [0.1, 0.15) is 43.1 Å². The number of piperidine rings is 1. The number of imidazole rings is 1. The highest BCUT2D eigenvalue weighted by Crippen LogP contribution is 2.47. The highest BCUT2D eigenvalue weighted by molar-refractivity contribution is 6.39. The summed E-state index contributed by atoms with van der Waals surface area (Å²) in [5.41, 5.74) is 9.02. The Labute approximate surface area is 225 Å². The summed E-state index contributed by atoms with van der Waals surface area (Å²) in [7, 11) is 1.88. The number of hydrogen-bond donors (Lipinski definition) is 3. The zero-order valence-electron chi connectivity index (χ0n) is 21.2. The second-order valence-electron chi connectivity index (χ2n) is 10.8. The van der Waals surface area contributed by atoms with E-state index in [4.69, 9.17) is 33.7 Å². The normalized spacial score (nSPS) is 18.6. The number of nitrogens with zero attached hydrogens (tertiary/aromatic N) is 3. The second-order valence-corrected chi connectivity index (χ2v) is 11.5. The van der Waals surface area contributed by atoms with E-state index in [2.05, 4.69) is 20.5 Å². The van der Waals surface area contributed by atoms with Crippen LogP contribution in [0.5, 0.6) is 0 Å². The van der Waals surface area contributed by atoms with E-state index in [1.165, 1.54) is 6.42 Å². The first-order valence-electron chi connectivity index (χ1n) is 12.2. The summed E-state index contributed by atoms with van der Waals surface area (Å²) in [6.07, 6.45) is 0.720. The van der Waals surface area contributed by atoms with Crippen molar-refractivity contribution in [3.8, 4) is 0 Å². The Morgan fingerprint density at radius 2 is 1.89 bits per heavy atom. The Kier molecular flexibility index (Phi) is 6.40. The Morgan fingerprint density at radius 1 is 1.19 bits per heavy atom. The number of benzene rings is 2. The fourth-order valence-electron chi connectivity index (χ4n) is 4.83. The van der Waals surface area contributed by atoms with Gasteiger partial charge >= 0.3 is 6.09 Å². The van der Waals surface area contributed by atoms with Crippen LogP contribution in [-0.4, -0.2) is 40.2 Å². The number of nitrogens with two attached hydrogens (primary N) is 1. The van der Waals surface area contributed by atoms with E-state index < -0.39 is 17.6 Å². The molecule has 2 amide bonds. The number of primary amides is 1. The molecule has 1 aromatic heterocycles. The van der Waals surface area contributed by atoms with Gasteiger partial charge in [-0.1, -0.05) is 29.3 Å². The van der Waals surface area contributed by atoms with Gasteiger partial charge in [0.2, 0.25) is 5.95 Å². The fraction of sp³-hybridized carbons (Fsp3) is 0.423. The molecule has 2 atom stereocenters. The average molecular weight is 545 g/mol. The molecule has 2 unspecified atom stereocenters. The number of carbonyl (C=O) groups excluding carboxylic acids is 2. The summed E-state index contributed by atoms with van der Waals surface area (Å²) < 4.78 is 7.18. The number of ether oxygens (including phenoxy) is 1. The molecule has 9 nitrogen and oxygen atoms in total. The molecule has 2 fully saturated rings. The van der Waals surface area contributed by atoms with E-state index in [1.807, 2.05) is 17.7 Å². The molecule has 0 bridgehead atoms. The first-order valence-corrected chi connectivity index (χ1v) is 12.9. The smallest absolute Gasteiger partial charge is 0.407 e. The van der Waals surface area contributed by atoms with E-state index in [0.717, 1.165) is 24.3 Å². The number of halogens is 2. The third kappa shape index (κ3) is 5.15. The number of fused-ring (bicyclic) bond motifs is 2. The minimum atomic E-state index is -0.607. The molecule has 2 aromatic carbocycles. The molecule has 1 aliphatic heterocycles. The predicted octanol–water partition coefficient (Wildman–Crippen LogP) is 5.20. The lowest BCUT2D eigenvalue weighted by atomic mass is 10.1. The molecular weight excluding hydrogens is 515 g/mol. The maximum atomic E-state index is 12.3. The van der Waals surface area contributed by atoms with E-state index >= 15 is 0 Å². The largest absolute Gasteiger partial charge is 0.444 e. The van der Waals surface area contributed by atoms with Crippen molar-refractivity contribution in [3.05, 3.63) is 45.4 Å². The third-order valence-corrected chi connectivity index (χ3v) is 7.56. The zero-order chi connectivity index (χ0) is 26.6. The van der Waals surface area contributed by atoms with Crippen molar-refractivity contribution in [2.75, 3.05) is 23.3 Å². The second kappa shape index (κ2) is 9.29. The zero-order valence-corrected chi connectivity index (χ0v) is 22.7. The van der Waals surface area contributed by atoms with Crippen molar-refractivity contribution in [2.24, 2.45) is 24.6 Å². The van der Waals surface area contributed by atoms with E-state index in [1.54, 1.807) is 39.0 Å². The van der Waals surface area contributed by atoms with Crippen molar-refractivity contribution < 1.29 is 14.3 Å². The van der Waals surface area contributed by atoms with Crippen LogP contribution < -0.4 is 21.3 Å².